The molecule has 0 bridgehead atoms. The molecular weight excluding hydrogens is 174 g/mol. The average molecular weight is 186 g/mol. The molecule has 1 aromatic rings. The summed E-state index contributed by atoms with van der Waals surface area (Å²) < 4.78 is 0. The van der Waals surface area contributed by atoms with E-state index in [1.807, 2.05) is 13.0 Å². The maximum absolute atomic E-state index is 11.2. The zero-order chi connectivity index (χ0) is 9.14. The number of pyridine rings is 1. The molecule has 1 aromatic heterocycles. The van der Waals surface area contributed by atoms with Crippen LogP contribution in [0.2, 0.25) is 0 Å². The van der Waals surface area contributed by atoms with Gasteiger partial charge in [0.25, 0.3) is 5.56 Å². The third-order valence-electron chi connectivity index (χ3n) is 1.95. The number of H-pyrrole nitrogens is 1. The van der Waals surface area contributed by atoms with Crippen LogP contribution >= 0.6 is 11.6 Å². The lowest BCUT2D eigenvalue weighted by Gasteiger charge is -2.03. The summed E-state index contributed by atoms with van der Waals surface area (Å²) in [6.07, 6.45) is 0.923. The van der Waals surface area contributed by atoms with Crippen molar-refractivity contribution in [1.82, 2.24) is 4.98 Å². The van der Waals surface area contributed by atoms with Gasteiger partial charge in [-0.2, -0.15) is 0 Å². The molecule has 0 fully saturated rings. The maximum Gasteiger partial charge on any atom is 0.252 e. The van der Waals surface area contributed by atoms with Gasteiger partial charge in [-0.1, -0.05) is 6.92 Å². The average Bonchev–Trinajstić information content (AvgIpc) is 2.05. The van der Waals surface area contributed by atoms with Gasteiger partial charge in [0.1, 0.15) is 0 Å². The molecule has 0 unspecified atom stereocenters. The zero-order valence-corrected chi connectivity index (χ0v) is 8.03. The first kappa shape index (κ1) is 9.33. The minimum atomic E-state index is -0.0697. The molecule has 0 aliphatic heterocycles. The Morgan fingerprint density at radius 3 is 2.67 bits per heavy atom. The van der Waals surface area contributed by atoms with E-state index in [0.717, 1.165) is 17.7 Å². The number of nitrogens with one attached hydrogen (secondary N) is 1. The third-order valence-corrected chi connectivity index (χ3v) is 2.24. The SMILES string of the molecule is CCc1cc(CCl)c(=O)[nH]c1C. The van der Waals surface area contributed by atoms with Crippen LogP contribution < -0.4 is 5.56 Å². The summed E-state index contributed by atoms with van der Waals surface area (Å²) in [5.74, 6) is 0.280. The molecule has 66 valence electrons. The normalized spacial score (nSPS) is 10.2. The highest BCUT2D eigenvalue weighted by molar-refractivity contribution is 6.17. The largest absolute Gasteiger partial charge is 0.326 e. The summed E-state index contributed by atoms with van der Waals surface area (Å²) in [5, 5.41) is 0. The Bertz CT molecular complexity index is 330. The van der Waals surface area contributed by atoms with Gasteiger partial charge in [0.15, 0.2) is 0 Å². The number of aromatic nitrogens is 1. The van der Waals surface area contributed by atoms with Crippen LogP contribution in [0.3, 0.4) is 0 Å². The van der Waals surface area contributed by atoms with E-state index >= 15 is 0 Å². The molecule has 0 aliphatic carbocycles. The Labute approximate surface area is 76.6 Å². The Morgan fingerprint density at radius 1 is 1.50 bits per heavy atom. The first-order chi connectivity index (χ1) is 5.69. The molecule has 0 saturated carbocycles. The highest BCUT2D eigenvalue weighted by atomic mass is 35.5. The number of hydrogen-bond donors (Lipinski definition) is 1. The maximum atomic E-state index is 11.2. The fourth-order valence-corrected chi connectivity index (χ4v) is 1.38. The van der Waals surface area contributed by atoms with Crippen molar-refractivity contribution in [2.45, 2.75) is 26.1 Å². The van der Waals surface area contributed by atoms with E-state index in [0.29, 0.717) is 5.56 Å². The Balaban J connectivity index is 3.27. The topological polar surface area (TPSA) is 32.9 Å². The number of rotatable bonds is 2. The molecule has 0 aromatic carbocycles. The second-order valence-electron chi connectivity index (χ2n) is 2.76. The van der Waals surface area contributed by atoms with Gasteiger partial charge in [-0.15, -0.1) is 11.6 Å². The van der Waals surface area contributed by atoms with Crippen LogP contribution in [0.5, 0.6) is 0 Å². The van der Waals surface area contributed by atoms with E-state index < -0.39 is 0 Å². The van der Waals surface area contributed by atoms with E-state index in [9.17, 15) is 4.79 Å². The Kier molecular flexibility index (Phi) is 2.93. The first-order valence-corrected chi connectivity index (χ1v) is 4.50. The van der Waals surface area contributed by atoms with Gasteiger partial charge in [0.2, 0.25) is 0 Å². The molecule has 2 nitrogen and oxygen atoms in total. The van der Waals surface area contributed by atoms with Gasteiger partial charge in [0, 0.05) is 11.3 Å². The lowest BCUT2D eigenvalue weighted by atomic mass is 10.1. The Morgan fingerprint density at radius 2 is 2.17 bits per heavy atom. The molecule has 0 spiro atoms. The van der Waals surface area contributed by atoms with Crippen molar-refractivity contribution in [3.63, 3.8) is 0 Å². The van der Waals surface area contributed by atoms with Crippen molar-refractivity contribution < 1.29 is 0 Å². The molecular formula is C9H12ClNO. The summed E-state index contributed by atoms with van der Waals surface area (Å²) in [6.45, 7) is 3.96. The van der Waals surface area contributed by atoms with Crippen molar-refractivity contribution in [3.05, 3.63) is 33.2 Å². The quantitative estimate of drug-likeness (QED) is 0.703. The number of hydrogen-bond acceptors (Lipinski definition) is 1. The van der Waals surface area contributed by atoms with Crippen LogP contribution in [0.4, 0.5) is 0 Å². The van der Waals surface area contributed by atoms with Crippen molar-refractivity contribution in [2.24, 2.45) is 0 Å². The highest BCUT2D eigenvalue weighted by Crippen LogP contribution is 2.06. The first-order valence-electron chi connectivity index (χ1n) is 3.96. The second kappa shape index (κ2) is 3.76. The Hall–Kier alpha value is -0.760. The van der Waals surface area contributed by atoms with E-state index in [4.69, 9.17) is 11.6 Å². The van der Waals surface area contributed by atoms with Gasteiger partial charge < -0.3 is 4.98 Å². The summed E-state index contributed by atoms with van der Waals surface area (Å²) in [4.78, 5) is 14.0. The van der Waals surface area contributed by atoms with E-state index in [-0.39, 0.29) is 11.4 Å². The van der Waals surface area contributed by atoms with Crippen molar-refractivity contribution >= 4 is 11.6 Å². The smallest absolute Gasteiger partial charge is 0.252 e. The van der Waals surface area contributed by atoms with Crippen LogP contribution in [0.25, 0.3) is 0 Å². The van der Waals surface area contributed by atoms with E-state index in [2.05, 4.69) is 11.9 Å². The highest BCUT2D eigenvalue weighted by Gasteiger charge is 2.02. The minimum Gasteiger partial charge on any atom is -0.326 e. The molecule has 0 atom stereocenters. The summed E-state index contributed by atoms with van der Waals surface area (Å²) in [6, 6.07) is 1.88. The molecule has 1 N–H and O–H groups in total. The third kappa shape index (κ3) is 1.69. The summed E-state index contributed by atoms with van der Waals surface area (Å²) >= 11 is 5.59. The fourth-order valence-electron chi connectivity index (χ4n) is 1.18. The van der Waals surface area contributed by atoms with Crippen LogP contribution in [-0.2, 0) is 12.3 Å². The molecule has 12 heavy (non-hydrogen) atoms. The van der Waals surface area contributed by atoms with Crippen molar-refractivity contribution in [1.29, 1.82) is 0 Å². The number of halogens is 1. The molecule has 0 aliphatic rings. The molecule has 1 rings (SSSR count). The molecule has 3 heteroatoms. The monoisotopic (exact) mass is 185 g/mol. The fraction of sp³-hybridized carbons (Fsp3) is 0.444. The standard InChI is InChI=1S/C9H12ClNO/c1-3-7-4-8(5-10)9(12)11-6(7)2/h4H,3,5H2,1-2H3,(H,11,12). The van der Waals surface area contributed by atoms with Crippen LogP contribution in [0, 0.1) is 6.92 Å². The molecule has 0 amide bonds. The second-order valence-corrected chi connectivity index (χ2v) is 3.03. The van der Waals surface area contributed by atoms with Crippen molar-refractivity contribution in [2.75, 3.05) is 0 Å². The van der Waals surface area contributed by atoms with Crippen LogP contribution in [-0.4, -0.2) is 4.98 Å². The van der Waals surface area contributed by atoms with E-state index in [1.54, 1.807) is 0 Å². The molecule has 1 heterocycles. The minimum absolute atomic E-state index is 0.0697. The van der Waals surface area contributed by atoms with E-state index in [1.165, 1.54) is 0 Å². The lowest BCUT2D eigenvalue weighted by Crippen LogP contribution is -2.13. The van der Waals surface area contributed by atoms with Crippen molar-refractivity contribution in [3.8, 4) is 0 Å². The molecule has 0 radical (unpaired) electrons. The van der Waals surface area contributed by atoms with Gasteiger partial charge in [-0.3, -0.25) is 4.79 Å². The van der Waals surface area contributed by atoms with Gasteiger partial charge in [0.05, 0.1) is 5.88 Å². The molecule has 0 saturated heterocycles. The van der Waals surface area contributed by atoms with Crippen LogP contribution in [0.15, 0.2) is 10.9 Å². The predicted octanol–water partition coefficient (Wildman–Crippen LogP) is 1.98. The van der Waals surface area contributed by atoms with Gasteiger partial charge in [-0.05, 0) is 25.0 Å². The number of aromatic amines is 1. The van der Waals surface area contributed by atoms with Gasteiger partial charge >= 0.3 is 0 Å². The number of alkyl halides is 1. The lowest BCUT2D eigenvalue weighted by molar-refractivity contribution is 1.00. The zero-order valence-electron chi connectivity index (χ0n) is 7.28. The van der Waals surface area contributed by atoms with Crippen LogP contribution in [0.1, 0.15) is 23.7 Å². The number of aryl methyl sites for hydroxylation is 2. The summed E-state index contributed by atoms with van der Waals surface area (Å²) in [5.41, 5.74) is 2.68. The van der Waals surface area contributed by atoms with Gasteiger partial charge in [-0.25, -0.2) is 0 Å². The summed E-state index contributed by atoms with van der Waals surface area (Å²) in [7, 11) is 0. The predicted molar refractivity (Wildman–Crippen MR) is 50.7 cm³/mol.